The Hall–Kier alpha value is -3.07. The lowest BCUT2D eigenvalue weighted by atomic mass is 10.1. The molecule has 0 aliphatic heterocycles. The number of aryl methyl sites for hydroxylation is 2. The summed E-state index contributed by atoms with van der Waals surface area (Å²) in [5.74, 6) is 0.312. The molecule has 8 nitrogen and oxygen atoms in total. The summed E-state index contributed by atoms with van der Waals surface area (Å²) in [6.07, 6.45) is 2.07. The molecule has 2 aromatic rings. The zero-order valence-electron chi connectivity index (χ0n) is 22.2. The van der Waals surface area contributed by atoms with Gasteiger partial charge in [0.1, 0.15) is 11.8 Å². The molecule has 0 aliphatic carbocycles. The number of nitrogens with one attached hydrogen (secondary N) is 1. The maximum absolute atomic E-state index is 13.4. The van der Waals surface area contributed by atoms with Gasteiger partial charge in [0.2, 0.25) is 21.8 Å². The summed E-state index contributed by atoms with van der Waals surface area (Å²) in [7, 11) is -1.95. The maximum atomic E-state index is 13.4. The molecule has 0 aromatic heterocycles. The molecule has 0 radical (unpaired) electrons. The van der Waals surface area contributed by atoms with Gasteiger partial charge in [0, 0.05) is 26.1 Å². The predicted molar refractivity (Wildman–Crippen MR) is 144 cm³/mol. The van der Waals surface area contributed by atoms with Gasteiger partial charge in [0.05, 0.1) is 19.1 Å². The van der Waals surface area contributed by atoms with Crippen LogP contribution in [0.3, 0.4) is 0 Å². The van der Waals surface area contributed by atoms with Gasteiger partial charge in [-0.2, -0.15) is 0 Å². The minimum Gasteiger partial charge on any atom is -0.497 e. The second kappa shape index (κ2) is 13.3. The minimum atomic E-state index is -3.53. The van der Waals surface area contributed by atoms with Crippen molar-refractivity contribution in [1.82, 2.24) is 10.2 Å². The van der Waals surface area contributed by atoms with Crippen molar-refractivity contribution < 1.29 is 22.7 Å². The topological polar surface area (TPSA) is 96.0 Å². The first kappa shape index (κ1) is 29.2. The first-order valence-corrected chi connectivity index (χ1v) is 14.1. The number of methoxy groups -OCH3 is 1. The van der Waals surface area contributed by atoms with E-state index in [0.29, 0.717) is 30.8 Å². The average Bonchev–Trinajstić information content (AvgIpc) is 2.80. The molecule has 0 spiro atoms. The van der Waals surface area contributed by atoms with Gasteiger partial charge < -0.3 is 15.0 Å². The lowest BCUT2D eigenvalue weighted by molar-refractivity contribution is -0.141. The van der Waals surface area contributed by atoms with Gasteiger partial charge in [-0.1, -0.05) is 25.1 Å². The standard InChI is InChI=1S/C27H39N3O5S/c1-7-25(27(32)28-8-2)29(19-22-11-13-24(35-5)14-12-22)26(31)10-9-15-30(36(6,33)34)23-17-20(3)16-21(4)18-23/h11-14,16-18,25H,7-10,15,19H2,1-6H3,(H,28,32). The number of sulfonamides is 1. The van der Waals surface area contributed by atoms with Crippen LogP contribution in [0.5, 0.6) is 5.75 Å². The molecule has 0 heterocycles. The largest absolute Gasteiger partial charge is 0.497 e. The van der Waals surface area contributed by atoms with Crippen molar-refractivity contribution in [2.75, 3.05) is 30.8 Å². The fraction of sp³-hybridized carbons (Fsp3) is 0.481. The third-order valence-electron chi connectivity index (χ3n) is 5.90. The van der Waals surface area contributed by atoms with Crippen LogP contribution in [0.25, 0.3) is 0 Å². The van der Waals surface area contributed by atoms with E-state index in [1.807, 2.05) is 70.2 Å². The molecule has 0 fully saturated rings. The Morgan fingerprint density at radius 2 is 1.64 bits per heavy atom. The number of anilines is 1. The summed E-state index contributed by atoms with van der Waals surface area (Å²) in [5.41, 5.74) is 3.40. The summed E-state index contributed by atoms with van der Waals surface area (Å²) in [6.45, 7) is 8.46. The van der Waals surface area contributed by atoms with E-state index >= 15 is 0 Å². The van der Waals surface area contributed by atoms with E-state index in [2.05, 4.69) is 5.32 Å². The van der Waals surface area contributed by atoms with Crippen LogP contribution in [0.4, 0.5) is 5.69 Å². The Bertz CT molecular complexity index is 1110. The second-order valence-corrected chi connectivity index (χ2v) is 10.9. The highest BCUT2D eigenvalue weighted by Gasteiger charge is 2.28. The number of nitrogens with zero attached hydrogens (tertiary/aromatic N) is 2. The zero-order chi connectivity index (χ0) is 26.9. The van der Waals surface area contributed by atoms with Crippen LogP contribution in [0.15, 0.2) is 42.5 Å². The molecular weight excluding hydrogens is 478 g/mol. The number of amides is 2. The Morgan fingerprint density at radius 3 is 2.14 bits per heavy atom. The third-order valence-corrected chi connectivity index (χ3v) is 7.09. The van der Waals surface area contributed by atoms with Gasteiger partial charge in [-0.15, -0.1) is 0 Å². The van der Waals surface area contributed by atoms with E-state index in [4.69, 9.17) is 4.74 Å². The molecule has 0 bridgehead atoms. The molecular formula is C27H39N3O5S. The van der Waals surface area contributed by atoms with Crippen molar-refractivity contribution >= 4 is 27.5 Å². The SMILES string of the molecule is CCNC(=O)C(CC)N(Cc1ccc(OC)cc1)C(=O)CCCN(c1cc(C)cc(C)c1)S(C)(=O)=O. The summed E-state index contributed by atoms with van der Waals surface area (Å²) in [4.78, 5) is 27.8. The average molecular weight is 518 g/mol. The molecule has 198 valence electrons. The van der Waals surface area contributed by atoms with Crippen LogP contribution in [-0.4, -0.2) is 57.6 Å². The van der Waals surface area contributed by atoms with Crippen molar-refractivity contribution in [1.29, 1.82) is 0 Å². The van der Waals surface area contributed by atoms with Crippen LogP contribution < -0.4 is 14.4 Å². The van der Waals surface area contributed by atoms with Crippen LogP contribution >= 0.6 is 0 Å². The molecule has 2 aromatic carbocycles. The Kier molecular flexibility index (Phi) is 10.8. The highest BCUT2D eigenvalue weighted by atomic mass is 32.2. The van der Waals surface area contributed by atoms with Gasteiger partial charge in [0.15, 0.2) is 0 Å². The first-order valence-electron chi connectivity index (χ1n) is 12.3. The Labute approximate surface area is 215 Å². The minimum absolute atomic E-state index is 0.114. The van der Waals surface area contributed by atoms with E-state index in [1.165, 1.54) is 10.6 Å². The van der Waals surface area contributed by atoms with E-state index in [9.17, 15) is 18.0 Å². The number of carbonyl (C=O) groups is 2. The Balaban J connectivity index is 2.22. The van der Waals surface area contributed by atoms with Crippen LogP contribution in [0.2, 0.25) is 0 Å². The molecule has 9 heteroatoms. The van der Waals surface area contributed by atoms with Crippen molar-refractivity contribution in [3.8, 4) is 5.75 Å². The van der Waals surface area contributed by atoms with Gasteiger partial charge in [-0.25, -0.2) is 8.42 Å². The van der Waals surface area contributed by atoms with Gasteiger partial charge in [-0.3, -0.25) is 13.9 Å². The lowest BCUT2D eigenvalue weighted by Gasteiger charge is -2.31. The third kappa shape index (κ3) is 8.26. The van der Waals surface area contributed by atoms with Gasteiger partial charge in [0.25, 0.3) is 0 Å². The number of carbonyl (C=O) groups excluding carboxylic acids is 2. The number of rotatable bonds is 13. The highest BCUT2D eigenvalue weighted by molar-refractivity contribution is 7.92. The van der Waals surface area contributed by atoms with Crippen molar-refractivity contribution in [2.24, 2.45) is 0 Å². The summed E-state index contributed by atoms with van der Waals surface area (Å²) >= 11 is 0. The number of likely N-dealkylation sites (N-methyl/N-ethyl adjacent to an activating group) is 1. The zero-order valence-corrected chi connectivity index (χ0v) is 23.0. The number of hydrogen-bond acceptors (Lipinski definition) is 5. The van der Waals surface area contributed by atoms with Crippen LogP contribution in [-0.2, 0) is 26.2 Å². The monoisotopic (exact) mass is 517 g/mol. The summed E-state index contributed by atoms with van der Waals surface area (Å²) in [5, 5.41) is 2.82. The maximum Gasteiger partial charge on any atom is 0.242 e. The van der Waals surface area contributed by atoms with Crippen molar-refractivity contribution in [3.63, 3.8) is 0 Å². The molecule has 1 unspecified atom stereocenters. The predicted octanol–water partition coefficient (Wildman–Crippen LogP) is 3.80. The van der Waals surface area contributed by atoms with Crippen LogP contribution in [0.1, 0.15) is 49.8 Å². The first-order chi connectivity index (χ1) is 17.0. The molecule has 1 N–H and O–H groups in total. The van der Waals surface area contributed by atoms with E-state index in [1.54, 1.807) is 12.0 Å². The van der Waals surface area contributed by atoms with Gasteiger partial charge in [-0.05, 0) is 74.6 Å². The second-order valence-electron chi connectivity index (χ2n) is 8.97. The molecule has 0 saturated carbocycles. The fourth-order valence-electron chi connectivity index (χ4n) is 4.24. The molecule has 1 atom stereocenters. The summed E-state index contributed by atoms with van der Waals surface area (Å²) in [6, 6.07) is 12.4. The molecule has 0 aliphatic rings. The van der Waals surface area contributed by atoms with Gasteiger partial charge >= 0.3 is 0 Å². The Morgan fingerprint density at radius 1 is 1.03 bits per heavy atom. The normalized spacial score (nSPS) is 12.1. The van der Waals surface area contributed by atoms with E-state index in [0.717, 1.165) is 16.7 Å². The molecule has 0 saturated heterocycles. The number of benzene rings is 2. The summed E-state index contributed by atoms with van der Waals surface area (Å²) < 4.78 is 31.6. The van der Waals surface area contributed by atoms with Crippen molar-refractivity contribution in [2.45, 2.75) is 59.5 Å². The smallest absolute Gasteiger partial charge is 0.242 e. The van der Waals surface area contributed by atoms with E-state index in [-0.39, 0.29) is 31.3 Å². The molecule has 36 heavy (non-hydrogen) atoms. The molecule has 2 rings (SSSR count). The number of hydrogen-bond donors (Lipinski definition) is 1. The lowest BCUT2D eigenvalue weighted by Crippen LogP contribution is -2.49. The van der Waals surface area contributed by atoms with Crippen LogP contribution in [0, 0.1) is 13.8 Å². The van der Waals surface area contributed by atoms with E-state index < -0.39 is 16.1 Å². The highest BCUT2D eigenvalue weighted by Crippen LogP contribution is 2.23. The van der Waals surface area contributed by atoms with Crippen molar-refractivity contribution in [3.05, 3.63) is 59.2 Å². The molecule has 2 amide bonds. The fourth-order valence-corrected chi connectivity index (χ4v) is 5.19. The number of ether oxygens (including phenoxy) is 1. The quantitative estimate of drug-likeness (QED) is 0.436.